The van der Waals surface area contributed by atoms with Crippen molar-refractivity contribution in [1.82, 2.24) is 0 Å². The van der Waals surface area contributed by atoms with Crippen LogP contribution in [-0.4, -0.2) is 16.7 Å². The Bertz CT molecular complexity index is 295. The van der Waals surface area contributed by atoms with Crippen molar-refractivity contribution in [3.05, 3.63) is 29.8 Å². The van der Waals surface area contributed by atoms with Crippen LogP contribution in [0.5, 0.6) is 0 Å². The fourth-order valence-corrected chi connectivity index (χ4v) is 1.10. The Hall–Kier alpha value is -1.35. The highest BCUT2D eigenvalue weighted by Gasteiger charge is 2.35. The van der Waals surface area contributed by atoms with E-state index in [2.05, 4.69) is 4.79 Å². The summed E-state index contributed by atoms with van der Waals surface area (Å²) >= 11 is 0. The van der Waals surface area contributed by atoms with Gasteiger partial charge >= 0.3 is 6.18 Å². The third-order valence-electron chi connectivity index (χ3n) is 1.67. The highest BCUT2D eigenvalue weighted by Crippen LogP contribution is 2.27. The Morgan fingerprint density at radius 1 is 1.38 bits per heavy atom. The van der Waals surface area contributed by atoms with Gasteiger partial charge < -0.3 is 5.53 Å². The summed E-state index contributed by atoms with van der Waals surface area (Å²) in [5.41, 5.74) is 8.44. The predicted octanol–water partition coefficient (Wildman–Crippen LogP) is 2.35. The number of alkyl halides is 3. The van der Waals surface area contributed by atoms with E-state index in [1.54, 1.807) is 0 Å². The Balaban J connectivity index is 2.75. The zero-order chi connectivity index (χ0) is 9.90. The molecule has 1 rings (SSSR count). The maximum atomic E-state index is 12.0. The molecule has 5 heteroatoms. The summed E-state index contributed by atoms with van der Waals surface area (Å²) in [5, 5.41) is 0. The molecule has 0 fully saturated rings. The first-order valence-electron chi connectivity index (χ1n) is 3.66. The zero-order valence-corrected chi connectivity index (χ0v) is 6.62. The van der Waals surface area contributed by atoms with Crippen LogP contribution in [-0.2, 0) is 0 Å². The highest BCUT2D eigenvalue weighted by atomic mass is 19.4. The van der Waals surface area contributed by atoms with Crippen molar-refractivity contribution in [2.75, 3.05) is 0 Å². The van der Waals surface area contributed by atoms with Crippen molar-refractivity contribution in [2.24, 2.45) is 5.92 Å². The Kier molecular flexibility index (Phi) is 2.68. The van der Waals surface area contributed by atoms with E-state index in [-0.39, 0.29) is 5.71 Å². The van der Waals surface area contributed by atoms with E-state index in [4.69, 9.17) is 5.53 Å². The molecule has 0 radical (unpaired) electrons. The van der Waals surface area contributed by atoms with Gasteiger partial charge in [-0.2, -0.15) is 18.0 Å². The van der Waals surface area contributed by atoms with E-state index >= 15 is 0 Å². The molecule has 0 aromatic carbocycles. The molecule has 1 aliphatic rings. The molecule has 0 bridgehead atoms. The Morgan fingerprint density at radius 3 is 2.62 bits per heavy atom. The molecule has 0 saturated carbocycles. The smallest absolute Gasteiger partial charge is 0.361 e. The largest absolute Gasteiger partial charge is 0.390 e. The van der Waals surface area contributed by atoms with Crippen molar-refractivity contribution < 1.29 is 18.0 Å². The lowest BCUT2D eigenvalue weighted by atomic mass is 9.95. The lowest BCUT2D eigenvalue weighted by Gasteiger charge is -2.11. The fourth-order valence-electron chi connectivity index (χ4n) is 1.10. The standard InChI is InChI=1S/C8H7F3N2/c9-8(10,11)5-6-3-1-2-4-7(6)13-12/h1-4,6H,5H2. The molecule has 1 unspecified atom stereocenters. The van der Waals surface area contributed by atoms with Gasteiger partial charge in [0.25, 0.3) is 5.71 Å². The number of nitrogens with zero attached hydrogens (tertiary/aromatic N) is 2. The van der Waals surface area contributed by atoms with Gasteiger partial charge in [0, 0.05) is 6.08 Å². The molecule has 2 nitrogen and oxygen atoms in total. The van der Waals surface area contributed by atoms with Crippen molar-refractivity contribution >= 4 is 5.71 Å². The van der Waals surface area contributed by atoms with E-state index in [0.717, 1.165) is 0 Å². The highest BCUT2D eigenvalue weighted by molar-refractivity contribution is 5.94. The molecule has 0 aromatic heterocycles. The van der Waals surface area contributed by atoms with Gasteiger partial charge in [0.15, 0.2) is 0 Å². The monoisotopic (exact) mass is 188 g/mol. The van der Waals surface area contributed by atoms with Crippen molar-refractivity contribution in [1.29, 1.82) is 0 Å². The van der Waals surface area contributed by atoms with Gasteiger partial charge in [-0.15, -0.1) is 0 Å². The molecule has 0 spiro atoms. The second-order valence-electron chi connectivity index (χ2n) is 2.69. The lowest BCUT2D eigenvalue weighted by Crippen LogP contribution is -2.21. The molecular weight excluding hydrogens is 181 g/mol. The minimum atomic E-state index is -4.24. The summed E-state index contributed by atoms with van der Waals surface area (Å²) in [4.78, 5) is 2.79. The van der Waals surface area contributed by atoms with Gasteiger partial charge in [0.2, 0.25) is 0 Å². The summed E-state index contributed by atoms with van der Waals surface area (Å²) in [6.07, 6.45) is 0.523. The maximum Gasteiger partial charge on any atom is 0.390 e. The Morgan fingerprint density at radius 2 is 2.08 bits per heavy atom. The minimum Gasteiger partial charge on any atom is -0.361 e. The second kappa shape index (κ2) is 3.58. The number of hydrogen-bond acceptors (Lipinski definition) is 0. The van der Waals surface area contributed by atoms with Crippen LogP contribution in [0.15, 0.2) is 24.3 Å². The molecule has 1 atom stereocenters. The third-order valence-corrected chi connectivity index (χ3v) is 1.67. The van der Waals surface area contributed by atoms with Crippen molar-refractivity contribution in [2.45, 2.75) is 12.6 Å². The summed E-state index contributed by atoms with van der Waals surface area (Å²) in [6, 6.07) is 0. The molecule has 0 aromatic rings. The molecule has 1 aliphatic carbocycles. The van der Waals surface area contributed by atoms with Gasteiger partial charge in [-0.1, -0.05) is 18.2 Å². The van der Waals surface area contributed by atoms with E-state index in [9.17, 15) is 13.2 Å². The molecule has 13 heavy (non-hydrogen) atoms. The molecule has 0 saturated heterocycles. The van der Waals surface area contributed by atoms with Crippen LogP contribution in [0.25, 0.3) is 5.53 Å². The van der Waals surface area contributed by atoms with Gasteiger partial charge in [0.05, 0.1) is 12.3 Å². The van der Waals surface area contributed by atoms with E-state index in [1.165, 1.54) is 24.3 Å². The van der Waals surface area contributed by atoms with Crippen LogP contribution in [0.3, 0.4) is 0 Å². The maximum absolute atomic E-state index is 12.0. The minimum absolute atomic E-state index is 0.0415. The van der Waals surface area contributed by atoms with Crippen LogP contribution < -0.4 is 0 Å². The summed E-state index contributed by atoms with van der Waals surface area (Å²) < 4.78 is 35.9. The van der Waals surface area contributed by atoms with E-state index in [1.807, 2.05) is 0 Å². The van der Waals surface area contributed by atoms with Crippen LogP contribution in [0.2, 0.25) is 0 Å². The van der Waals surface area contributed by atoms with Gasteiger partial charge in [-0.05, 0) is 0 Å². The summed E-state index contributed by atoms with van der Waals surface area (Å²) in [5.74, 6) is -0.866. The van der Waals surface area contributed by atoms with Crippen molar-refractivity contribution in [3.8, 4) is 0 Å². The zero-order valence-electron chi connectivity index (χ0n) is 6.62. The first-order valence-corrected chi connectivity index (χ1v) is 3.66. The lowest BCUT2D eigenvalue weighted by molar-refractivity contribution is -0.139. The second-order valence-corrected chi connectivity index (χ2v) is 2.69. The van der Waals surface area contributed by atoms with Crippen molar-refractivity contribution in [3.63, 3.8) is 0 Å². The molecule has 0 aliphatic heterocycles. The summed E-state index contributed by atoms with van der Waals surface area (Å²) in [7, 11) is 0. The molecule has 0 amide bonds. The topological polar surface area (TPSA) is 36.4 Å². The number of halogens is 3. The molecule has 0 N–H and O–H groups in total. The quantitative estimate of drug-likeness (QED) is 0.447. The number of allylic oxidation sites excluding steroid dienone is 4. The molecule has 0 heterocycles. The first-order chi connectivity index (χ1) is 6.03. The van der Waals surface area contributed by atoms with Crippen LogP contribution in [0, 0.1) is 5.92 Å². The molecule has 70 valence electrons. The van der Waals surface area contributed by atoms with Gasteiger partial charge in [-0.3, -0.25) is 0 Å². The van der Waals surface area contributed by atoms with Crippen LogP contribution in [0.1, 0.15) is 6.42 Å². The summed E-state index contributed by atoms with van der Waals surface area (Å²) in [6.45, 7) is 0. The van der Waals surface area contributed by atoms with Gasteiger partial charge in [-0.25, -0.2) is 0 Å². The average molecular weight is 188 g/mol. The first kappa shape index (κ1) is 9.74. The van der Waals surface area contributed by atoms with E-state index < -0.39 is 18.5 Å². The Labute approximate surface area is 73.0 Å². The SMILES string of the molecule is [N-]=[N+]=C1C=CC=CC1CC(F)(F)F. The third kappa shape index (κ3) is 2.87. The number of hydrogen-bond donors (Lipinski definition) is 0. The predicted molar refractivity (Wildman–Crippen MR) is 41.1 cm³/mol. The average Bonchev–Trinajstić information content (AvgIpc) is 2.02. The fraction of sp³-hybridized carbons (Fsp3) is 0.375. The normalized spacial score (nSPS) is 21.8. The van der Waals surface area contributed by atoms with Crippen LogP contribution in [0.4, 0.5) is 13.2 Å². The van der Waals surface area contributed by atoms with E-state index in [0.29, 0.717) is 0 Å². The molecular formula is C8H7F3N2. The number of rotatable bonds is 1. The van der Waals surface area contributed by atoms with Gasteiger partial charge in [0.1, 0.15) is 0 Å². The van der Waals surface area contributed by atoms with Crippen LogP contribution >= 0.6 is 0 Å².